The lowest BCUT2D eigenvalue weighted by atomic mass is 10.1. The van der Waals surface area contributed by atoms with Crippen molar-refractivity contribution in [1.82, 2.24) is 0 Å². The van der Waals surface area contributed by atoms with Crippen molar-refractivity contribution >= 4 is 17.3 Å². The summed E-state index contributed by atoms with van der Waals surface area (Å²) >= 11 is 1.93. The Kier molecular flexibility index (Phi) is 4.21. The van der Waals surface area contributed by atoms with Crippen LogP contribution in [0.2, 0.25) is 0 Å². The van der Waals surface area contributed by atoms with Crippen LogP contribution in [-0.2, 0) is 22.4 Å². The second-order valence-corrected chi connectivity index (χ2v) is 6.04. The van der Waals surface area contributed by atoms with Gasteiger partial charge in [-0.2, -0.15) is 0 Å². The molecule has 0 aromatic carbocycles. The highest BCUT2D eigenvalue weighted by atomic mass is 32.1. The maximum Gasteiger partial charge on any atom is 0.308 e. The first-order chi connectivity index (χ1) is 8.24. The molecule has 1 heterocycles. The van der Waals surface area contributed by atoms with E-state index in [2.05, 4.69) is 19.1 Å². The summed E-state index contributed by atoms with van der Waals surface area (Å²) in [4.78, 5) is 14.2. The fourth-order valence-corrected chi connectivity index (χ4v) is 3.41. The zero-order valence-electron chi connectivity index (χ0n) is 10.6. The van der Waals surface area contributed by atoms with Crippen molar-refractivity contribution in [2.24, 2.45) is 11.8 Å². The molecule has 17 heavy (non-hydrogen) atoms. The standard InChI is InChI=1S/C14H20O2S/c1-3-4-11-7-8-12(17-11)6-5-10-9-13(10)14(15)16-2/h7-8,10,13H,3-6,9H2,1-2H3. The van der Waals surface area contributed by atoms with Gasteiger partial charge in [0.15, 0.2) is 0 Å². The van der Waals surface area contributed by atoms with Crippen LogP contribution < -0.4 is 0 Å². The molecular weight excluding hydrogens is 232 g/mol. The van der Waals surface area contributed by atoms with Crippen LogP contribution in [0.5, 0.6) is 0 Å². The molecule has 1 fully saturated rings. The van der Waals surface area contributed by atoms with Gasteiger partial charge in [0.2, 0.25) is 0 Å². The van der Waals surface area contributed by atoms with E-state index in [0.29, 0.717) is 5.92 Å². The lowest BCUT2D eigenvalue weighted by Gasteiger charge is -1.98. The number of carbonyl (C=O) groups is 1. The summed E-state index contributed by atoms with van der Waals surface area (Å²) in [7, 11) is 1.48. The fraction of sp³-hybridized carbons (Fsp3) is 0.643. The Bertz CT molecular complexity index is 383. The minimum Gasteiger partial charge on any atom is -0.469 e. The van der Waals surface area contributed by atoms with Gasteiger partial charge in [0.05, 0.1) is 13.0 Å². The third-order valence-electron chi connectivity index (χ3n) is 3.40. The molecule has 0 N–H and O–H groups in total. The van der Waals surface area contributed by atoms with Crippen LogP contribution in [0.1, 0.15) is 35.9 Å². The van der Waals surface area contributed by atoms with Gasteiger partial charge in [0, 0.05) is 9.75 Å². The van der Waals surface area contributed by atoms with Crippen LogP contribution in [0.25, 0.3) is 0 Å². The molecule has 3 heteroatoms. The predicted molar refractivity (Wildman–Crippen MR) is 70.2 cm³/mol. The maximum absolute atomic E-state index is 11.3. The Labute approximate surface area is 107 Å². The van der Waals surface area contributed by atoms with Gasteiger partial charge in [0.25, 0.3) is 0 Å². The molecule has 0 aliphatic heterocycles. The molecule has 2 nitrogen and oxygen atoms in total. The van der Waals surface area contributed by atoms with Crippen molar-refractivity contribution in [1.29, 1.82) is 0 Å². The van der Waals surface area contributed by atoms with E-state index in [0.717, 1.165) is 19.3 Å². The molecule has 0 bridgehead atoms. The van der Waals surface area contributed by atoms with Crippen LogP contribution in [0, 0.1) is 11.8 Å². The Morgan fingerprint density at radius 1 is 1.41 bits per heavy atom. The number of hydrogen-bond donors (Lipinski definition) is 0. The van der Waals surface area contributed by atoms with E-state index in [1.807, 2.05) is 11.3 Å². The Hall–Kier alpha value is -0.830. The first-order valence-corrected chi connectivity index (χ1v) is 7.21. The van der Waals surface area contributed by atoms with Crippen molar-refractivity contribution < 1.29 is 9.53 Å². The fourth-order valence-electron chi connectivity index (χ4n) is 2.27. The van der Waals surface area contributed by atoms with Crippen LogP contribution in [-0.4, -0.2) is 13.1 Å². The number of carbonyl (C=O) groups excluding carboxylic acids is 1. The Balaban J connectivity index is 1.73. The lowest BCUT2D eigenvalue weighted by Crippen LogP contribution is -2.04. The molecule has 1 aromatic heterocycles. The number of thiophene rings is 1. The van der Waals surface area contributed by atoms with Gasteiger partial charge >= 0.3 is 5.97 Å². The summed E-state index contributed by atoms with van der Waals surface area (Å²) in [6.45, 7) is 2.21. The second kappa shape index (κ2) is 5.67. The largest absolute Gasteiger partial charge is 0.469 e. The van der Waals surface area contributed by atoms with E-state index in [4.69, 9.17) is 4.74 Å². The average molecular weight is 252 g/mol. The molecule has 0 amide bonds. The normalized spacial score (nSPS) is 22.5. The zero-order chi connectivity index (χ0) is 12.3. The predicted octanol–water partition coefficient (Wildman–Crippen LogP) is 3.44. The molecular formula is C14H20O2S. The van der Waals surface area contributed by atoms with Gasteiger partial charge in [-0.05, 0) is 43.7 Å². The number of aryl methyl sites for hydroxylation is 2. The highest BCUT2D eigenvalue weighted by Crippen LogP contribution is 2.43. The van der Waals surface area contributed by atoms with Gasteiger partial charge < -0.3 is 4.74 Å². The molecule has 2 atom stereocenters. The molecule has 94 valence electrons. The number of methoxy groups -OCH3 is 1. The molecule has 0 spiro atoms. The second-order valence-electron chi connectivity index (χ2n) is 4.78. The van der Waals surface area contributed by atoms with E-state index in [1.54, 1.807) is 0 Å². The summed E-state index contributed by atoms with van der Waals surface area (Å²) in [6.07, 6.45) is 5.68. The molecule has 0 radical (unpaired) electrons. The molecule has 2 unspecified atom stereocenters. The van der Waals surface area contributed by atoms with E-state index in [9.17, 15) is 4.79 Å². The molecule has 1 aliphatic rings. The van der Waals surface area contributed by atoms with Crippen LogP contribution >= 0.6 is 11.3 Å². The monoisotopic (exact) mass is 252 g/mol. The van der Waals surface area contributed by atoms with E-state index in [1.165, 1.54) is 29.7 Å². The smallest absolute Gasteiger partial charge is 0.308 e. The summed E-state index contributed by atoms with van der Waals surface area (Å²) in [6, 6.07) is 4.49. The topological polar surface area (TPSA) is 26.3 Å². The average Bonchev–Trinajstić information content (AvgIpc) is 2.99. The van der Waals surface area contributed by atoms with Crippen molar-refractivity contribution in [2.45, 2.75) is 39.0 Å². The zero-order valence-corrected chi connectivity index (χ0v) is 11.4. The molecule has 1 aromatic rings. The SMILES string of the molecule is CCCc1ccc(CCC2CC2C(=O)OC)s1. The first-order valence-electron chi connectivity index (χ1n) is 6.40. The highest BCUT2D eigenvalue weighted by Gasteiger charge is 2.43. The number of esters is 1. The third kappa shape index (κ3) is 3.32. The lowest BCUT2D eigenvalue weighted by molar-refractivity contribution is -0.142. The summed E-state index contributed by atoms with van der Waals surface area (Å²) < 4.78 is 4.76. The van der Waals surface area contributed by atoms with E-state index in [-0.39, 0.29) is 11.9 Å². The Morgan fingerprint density at radius 3 is 2.76 bits per heavy atom. The molecule has 2 rings (SSSR count). The van der Waals surface area contributed by atoms with Crippen LogP contribution in [0.15, 0.2) is 12.1 Å². The van der Waals surface area contributed by atoms with E-state index >= 15 is 0 Å². The summed E-state index contributed by atoms with van der Waals surface area (Å²) in [5, 5.41) is 0. The maximum atomic E-state index is 11.3. The van der Waals surface area contributed by atoms with Gasteiger partial charge in [-0.3, -0.25) is 4.79 Å². The van der Waals surface area contributed by atoms with Crippen molar-refractivity contribution in [3.8, 4) is 0 Å². The van der Waals surface area contributed by atoms with Gasteiger partial charge in [0.1, 0.15) is 0 Å². The molecule has 0 saturated heterocycles. The van der Waals surface area contributed by atoms with Crippen LogP contribution in [0.3, 0.4) is 0 Å². The number of ether oxygens (including phenoxy) is 1. The number of rotatable bonds is 6. The van der Waals surface area contributed by atoms with Crippen molar-refractivity contribution in [2.75, 3.05) is 7.11 Å². The first kappa shape index (κ1) is 12.6. The van der Waals surface area contributed by atoms with E-state index < -0.39 is 0 Å². The minimum absolute atomic E-state index is 0.0205. The number of hydrogen-bond acceptors (Lipinski definition) is 3. The minimum atomic E-state index is -0.0205. The quantitative estimate of drug-likeness (QED) is 0.725. The van der Waals surface area contributed by atoms with Crippen molar-refractivity contribution in [3.63, 3.8) is 0 Å². The molecule has 1 aliphatic carbocycles. The van der Waals surface area contributed by atoms with Gasteiger partial charge in [-0.15, -0.1) is 11.3 Å². The summed E-state index contributed by atoms with van der Waals surface area (Å²) in [5.74, 6) is 0.738. The third-order valence-corrected chi connectivity index (χ3v) is 4.61. The van der Waals surface area contributed by atoms with Crippen molar-refractivity contribution in [3.05, 3.63) is 21.9 Å². The summed E-state index contributed by atoms with van der Waals surface area (Å²) in [5.41, 5.74) is 0. The van der Waals surface area contributed by atoms with Crippen LogP contribution in [0.4, 0.5) is 0 Å². The van der Waals surface area contributed by atoms with Gasteiger partial charge in [-0.25, -0.2) is 0 Å². The molecule has 1 saturated carbocycles. The Morgan fingerprint density at radius 2 is 2.12 bits per heavy atom. The van der Waals surface area contributed by atoms with Gasteiger partial charge in [-0.1, -0.05) is 13.3 Å². The highest BCUT2D eigenvalue weighted by molar-refractivity contribution is 7.11.